The molecule has 0 aliphatic rings. The lowest BCUT2D eigenvalue weighted by Crippen LogP contribution is -2.35. The van der Waals surface area contributed by atoms with Crippen molar-refractivity contribution in [1.29, 1.82) is 0 Å². The molecule has 0 radical (unpaired) electrons. The maximum atomic E-state index is 12.9. The van der Waals surface area contributed by atoms with Crippen molar-refractivity contribution in [1.82, 2.24) is 0 Å². The molecule has 0 aromatic heterocycles. The van der Waals surface area contributed by atoms with Gasteiger partial charge in [0.25, 0.3) is 0 Å². The summed E-state index contributed by atoms with van der Waals surface area (Å²) in [6.07, 6.45) is 0. The second kappa shape index (κ2) is 4.22. The largest absolute Gasteiger partial charge is 0.388 e. The van der Waals surface area contributed by atoms with E-state index >= 15 is 0 Å². The number of hydrogen-bond acceptors (Lipinski definition) is 0. The highest BCUT2D eigenvalue weighted by molar-refractivity contribution is 6.22. The average Bonchev–Trinajstić information content (AvgIpc) is 2.22. The van der Waals surface area contributed by atoms with E-state index in [2.05, 4.69) is 11.6 Å². The van der Waals surface area contributed by atoms with Gasteiger partial charge < -0.3 is 0 Å². The smallest absolute Gasteiger partial charge is 0.203 e. The van der Waals surface area contributed by atoms with E-state index in [1.807, 2.05) is 0 Å². The summed E-state index contributed by atoms with van der Waals surface area (Å²) in [6.45, 7) is 0. The Kier molecular flexibility index (Phi) is 3.50. The molecule has 18 heavy (non-hydrogen) atoms. The Bertz CT molecular complexity index is 461. The SMILES string of the molecule is Fc1c(F)c(F)c(C(F)(F)C(F)(F)Cl)c(F)c1F. The fraction of sp³-hybridized carbons (Fsp3) is 0.250. The minimum atomic E-state index is -5.78. The lowest BCUT2D eigenvalue weighted by atomic mass is 10.1. The van der Waals surface area contributed by atoms with Crippen molar-refractivity contribution >= 4 is 11.6 Å². The molecule has 0 amide bonds. The van der Waals surface area contributed by atoms with Gasteiger partial charge in [-0.1, -0.05) is 0 Å². The van der Waals surface area contributed by atoms with E-state index in [4.69, 9.17) is 0 Å². The Morgan fingerprint density at radius 2 is 0.889 bits per heavy atom. The van der Waals surface area contributed by atoms with E-state index in [0.29, 0.717) is 0 Å². The van der Waals surface area contributed by atoms with E-state index in [1.54, 1.807) is 0 Å². The maximum Gasteiger partial charge on any atom is 0.388 e. The minimum absolute atomic E-state index is 2.75. The highest BCUT2D eigenvalue weighted by Crippen LogP contribution is 2.48. The molecule has 0 atom stereocenters. The maximum absolute atomic E-state index is 12.9. The van der Waals surface area contributed by atoms with Gasteiger partial charge >= 0.3 is 11.3 Å². The van der Waals surface area contributed by atoms with Crippen LogP contribution in [0.15, 0.2) is 0 Å². The summed E-state index contributed by atoms with van der Waals surface area (Å²) in [5.74, 6) is -20.2. The molecule has 0 N–H and O–H groups in total. The number of benzene rings is 1. The van der Waals surface area contributed by atoms with Crippen molar-refractivity contribution in [3.63, 3.8) is 0 Å². The van der Waals surface area contributed by atoms with Crippen LogP contribution in [0.3, 0.4) is 0 Å². The van der Waals surface area contributed by atoms with E-state index < -0.39 is 46.0 Å². The van der Waals surface area contributed by atoms with E-state index in [1.165, 1.54) is 0 Å². The number of alkyl halides is 5. The van der Waals surface area contributed by atoms with Crippen molar-refractivity contribution in [2.75, 3.05) is 0 Å². The molecule has 1 aromatic carbocycles. The van der Waals surface area contributed by atoms with Crippen molar-refractivity contribution in [2.24, 2.45) is 0 Å². The third-order valence-electron chi connectivity index (χ3n) is 1.88. The van der Waals surface area contributed by atoms with Crippen LogP contribution < -0.4 is 0 Å². The first-order chi connectivity index (χ1) is 7.93. The van der Waals surface area contributed by atoms with Crippen LogP contribution in [-0.2, 0) is 5.92 Å². The molecule has 102 valence electrons. The molecule has 0 aliphatic carbocycles. The Balaban J connectivity index is 3.72. The number of rotatable bonds is 2. The average molecular weight is 303 g/mol. The van der Waals surface area contributed by atoms with Gasteiger partial charge in [0, 0.05) is 0 Å². The lowest BCUT2D eigenvalue weighted by molar-refractivity contribution is -0.168. The summed E-state index contributed by atoms with van der Waals surface area (Å²) in [4.78, 5) is 0. The van der Waals surface area contributed by atoms with E-state index in [9.17, 15) is 39.5 Å². The summed E-state index contributed by atoms with van der Waals surface area (Å²) in [6, 6.07) is 0. The Labute approximate surface area is 98.0 Å². The zero-order chi connectivity index (χ0) is 14.5. The number of halogens is 10. The zero-order valence-corrected chi connectivity index (χ0v) is 8.54. The van der Waals surface area contributed by atoms with Crippen LogP contribution in [-0.4, -0.2) is 5.38 Å². The molecule has 1 rings (SSSR count). The summed E-state index contributed by atoms with van der Waals surface area (Å²) < 4.78 is 113. The molecule has 0 unspecified atom stereocenters. The highest BCUT2D eigenvalue weighted by Gasteiger charge is 2.60. The first kappa shape index (κ1) is 14.9. The molecule has 0 saturated carbocycles. The molecule has 1 aromatic rings. The molecular formula is C8ClF9. The van der Waals surface area contributed by atoms with Gasteiger partial charge in [-0.3, -0.25) is 0 Å². The Morgan fingerprint density at radius 1 is 0.611 bits per heavy atom. The first-order valence-corrected chi connectivity index (χ1v) is 4.27. The summed E-state index contributed by atoms with van der Waals surface area (Å²) in [5, 5.41) is -5.54. The molecule has 0 aliphatic heterocycles. The quantitative estimate of drug-likeness (QED) is 0.331. The second-order valence-electron chi connectivity index (χ2n) is 3.02. The van der Waals surface area contributed by atoms with Crippen molar-refractivity contribution in [3.8, 4) is 0 Å². The van der Waals surface area contributed by atoms with Gasteiger partial charge in [0.15, 0.2) is 23.3 Å². The first-order valence-electron chi connectivity index (χ1n) is 3.89. The molecule has 0 heterocycles. The predicted octanol–water partition coefficient (Wildman–Crippen LogP) is 4.31. The van der Waals surface area contributed by atoms with Gasteiger partial charge in [0.05, 0.1) is 0 Å². The molecule has 0 nitrogen and oxygen atoms in total. The van der Waals surface area contributed by atoms with Gasteiger partial charge in [-0.2, -0.15) is 17.6 Å². The third kappa shape index (κ3) is 2.00. The van der Waals surface area contributed by atoms with E-state index in [-0.39, 0.29) is 0 Å². The minimum Gasteiger partial charge on any atom is -0.203 e. The van der Waals surface area contributed by atoms with Crippen LogP contribution in [0.25, 0.3) is 0 Å². The fourth-order valence-corrected chi connectivity index (χ4v) is 1.12. The normalized spacial score (nSPS) is 13.0. The van der Waals surface area contributed by atoms with Crippen LogP contribution in [0.5, 0.6) is 0 Å². The lowest BCUT2D eigenvalue weighted by Gasteiger charge is -2.22. The molecule has 0 saturated heterocycles. The van der Waals surface area contributed by atoms with Crippen LogP contribution in [0, 0.1) is 29.1 Å². The Hall–Kier alpha value is -1.12. The predicted molar refractivity (Wildman–Crippen MR) is 40.9 cm³/mol. The second-order valence-corrected chi connectivity index (χ2v) is 3.49. The van der Waals surface area contributed by atoms with Crippen molar-refractivity contribution in [2.45, 2.75) is 11.3 Å². The van der Waals surface area contributed by atoms with Crippen LogP contribution in [0.2, 0.25) is 0 Å². The van der Waals surface area contributed by atoms with Crippen molar-refractivity contribution < 1.29 is 39.5 Å². The monoisotopic (exact) mass is 302 g/mol. The molecule has 10 heteroatoms. The topological polar surface area (TPSA) is 0 Å². The van der Waals surface area contributed by atoms with Gasteiger partial charge in [-0.05, 0) is 11.6 Å². The zero-order valence-electron chi connectivity index (χ0n) is 7.78. The molecule has 0 bridgehead atoms. The molecule has 0 fully saturated rings. The third-order valence-corrected chi connectivity index (χ3v) is 2.12. The molecule has 0 spiro atoms. The van der Waals surface area contributed by atoms with Crippen LogP contribution >= 0.6 is 11.6 Å². The van der Waals surface area contributed by atoms with Gasteiger partial charge in [-0.25, -0.2) is 22.0 Å². The summed E-state index contributed by atoms with van der Waals surface area (Å²) in [5.41, 5.74) is -2.99. The molecular weight excluding hydrogens is 303 g/mol. The van der Waals surface area contributed by atoms with Gasteiger partial charge in [0.2, 0.25) is 5.82 Å². The standard InChI is InChI=1S/C8ClF9/c9-8(17,18)7(15,16)1-2(10)4(12)6(14)5(13)3(1)11. The van der Waals surface area contributed by atoms with Crippen LogP contribution in [0.4, 0.5) is 39.5 Å². The van der Waals surface area contributed by atoms with Crippen molar-refractivity contribution in [3.05, 3.63) is 34.6 Å². The van der Waals surface area contributed by atoms with Crippen LogP contribution in [0.1, 0.15) is 5.56 Å². The van der Waals surface area contributed by atoms with Gasteiger partial charge in [-0.15, -0.1) is 0 Å². The summed E-state index contributed by atoms with van der Waals surface area (Å²) in [7, 11) is 0. The summed E-state index contributed by atoms with van der Waals surface area (Å²) >= 11 is 3.89. The number of hydrogen-bond donors (Lipinski definition) is 0. The Morgan fingerprint density at radius 3 is 1.17 bits per heavy atom. The van der Waals surface area contributed by atoms with Gasteiger partial charge in [0.1, 0.15) is 5.56 Å². The van der Waals surface area contributed by atoms with E-state index in [0.717, 1.165) is 0 Å². The highest BCUT2D eigenvalue weighted by atomic mass is 35.5. The fourth-order valence-electron chi connectivity index (χ4n) is 1.02.